The molecule has 0 spiro atoms. The molecule has 2 N–H and O–H groups in total. The Bertz CT molecular complexity index is 196. The first kappa shape index (κ1) is 28.1. The molecule has 0 rings (SSSR count). The second-order valence-corrected chi connectivity index (χ2v) is 7.98. The van der Waals surface area contributed by atoms with Crippen LogP contribution >= 0.6 is 0 Å². The van der Waals surface area contributed by atoms with Crippen molar-refractivity contribution < 1.29 is 10.2 Å². The molecular weight excluding hydrogens is 320 g/mol. The quantitative estimate of drug-likeness (QED) is 0.177. The van der Waals surface area contributed by atoms with E-state index >= 15 is 0 Å². The third-order valence-electron chi connectivity index (χ3n) is 5.28. The zero-order valence-corrected chi connectivity index (χ0v) is 18.5. The summed E-state index contributed by atoms with van der Waals surface area (Å²) in [5.41, 5.74) is 0. The van der Waals surface area contributed by atoms with Gasteiger partial charge in [-0.2, -0.15) is 0 Å². The Balaban J connectivity index is 0. The van der Waals surface area contributed by atoms with Crippen molar-refractivity contribution in [3.8, 4) is 0 Å². The van der Waals surface area contributed by atoms with Crippen molar-refractivity contribution in [3.63, 3.8) is 0 Å². The van der Waals surface area contributed by atoms with Gasteiger partial charge < -0.3 is 10.2 Å². The van der Waals surface area contributed by atoms with E-state index in [1.165, 1.54) is 128 Å². The van der Waals surface area contributed by atoms with E-state index in [0.29, 0.717) is 0 Å². The first-order chi connectivity index (χ1) is 12.4. The topological polar surface area (TPSA) is 40.7 Å². The zero-order chi connectivity index (χ0) is 18.3. The van der Waals surface area contributed by atoms with Gasteiger partial charge in [-0.15, -0.1) is 0 Å². The summed E-state index contributed by atoms with van der Waals surface area (Å²) in [5, 5.41) is 0. The number of unbranched alkanes of at least 4 members (excludes halogenated alkanes) is 18. The van der Waals surface area contributed by atoms with E-state index in [0.717, 1.165) is 13.2 Å². The lowest BCUT2D eigenvalue weighted by Gasteiger charge is -2.05. The SMILES string of the molecule is CCCCCCCCCCCCOCCCCCCCCCCCC.O. The van der Waals surface area contributed by atoms with Crippen molar-refractivity contribution in [2.75, 3.05) is 13.2 Å². The van der Waals surface area contributed by atoms with E-state index < -0.39 is 0 Å². The van der Waals surface area contributed by atoms with Crippen LogP contribution in [0.3, 0.4) is 0 Å². The lowest BCUT2D eigenvalue weighted by molar-refractivity contribution is 0.125. The molecule has 0 fully saturated rings. The molecule has 160 valence electrons. The minimum Gasteiger partial charge on any atom is -0.412 e. The van der Waals surface area contributed by atoms with Gasteiger partial charge in [-0.3, -0.25) is 0 Å². The predicted octanol–water partition coefficient (Wildman–Crippen LogP) is 8.02. The molecule has 0 atom stereocenters. The molecule has 0 aromatic carbocycles. The van der Waals surface area contributed by atoms with Crippen LogP contribution in [-0.4, -0.2) is 18.7 Å². The summed E-state index contributed by atoms with van der Waals surface area (Å²) >= 11 is 0. The minimum atomic E-state index is 0. The molecule has 0 aliphatic carbocycles. The Hall–Kier alpha value is -0.0800. The maximum Gasteiger partial charge on any atom is 0.0466 e. The second-order valence-electron chi connectivity index (χ2n) is 7.98. The normalized spacial score (nSPS) is 10.8. The van der Waals surface area contributed by atoms with Gasteiger partial charge in [0.15, 0.2) is 0 Å². The molecule has 0 unspecified atom stereocenters. The van der Waals surface area contributed by atoms with Crippen molar-refractivity contribution in [1.82, 2.24) is 0 Å². The van der Waals surface area contributed by atoms with Crippen LogP contribution in [0.4, 0.5) is 0 Å². The van der Waals surface area contributed by atoms with Crippen molar-refractivity contribution in [2.24, 2.45) is 0 Å². The van der Waals surface area contributed by atoms with Crippen molar-refractivity contribution in [1.29, 1.82) is 0 Å². The van der Waals surface area contributed by atoms with E-state index in [2.05, 4.69) is 13.8 Å². The summed E-state index contributed by atoms with van der Waals surface area (Å²) < 4.78 is 5.78. The highest BCUT2D eigenvalue weighted by molar-refractivity contribution is 4.49. The number of rotatable bonds is 22. The lowest BCUT2D eigenvalue weighted by Crippen LogP contribution is -1.97. The fraction of sp³-hybridized carbons (Fsp3) is 1.00. The standard InChI is InChI=1S/C24H50O.H2O/c1-3-5-7-9-11-13-15-17-19-21-23-25-24-22-20-18-16-14-12-10-8-6-4-2;/h3-24H2,1-2H3;1H2. The summed E-state index contributed by atoms with van der Waals surface area (Å²) in [6, 6.07) is 0. The average Bonchev–Trinajstić information content (AvgIpc) is 2.63. The van der Waals surface area contributed by atoms with Gasteiger partial charge in [-0.1, -0.05) is 129 Å². The summed E-state index contributed by atoms with van der Waals surface area (Å²) in [4.78, 5) is 0. The molecular formula is C24H52O2. The van der Waals surface area contributed by atoms with E-state index in [-0.39, 0.29) is 5.48 Å². The monoisotopic (exact) mass is 372 g/mol. The van der Waals surface area contributed by atoms with Gasteiger partial charge in [0.05, 0.1) is 0 Å². The number of ether oxygens (including phenoxy) is 1. The predicted molar refractivity (Wildman–Crippen MR) is 118 cm³/mol. The molecule has 0 bridgehead atoms. The molecule has 26 heavy (non-hydrogen) atoms. The van der Waals surface area contributed by atoms with Crippen molar-refractivity contribution in [3.05, 3.63) is 0 Å². The molecule has 0 amide bonds. The van der Waals surface area contributed by atoms with Gasteiger partial charge in [0, 0.05) is 13.2 Å². The number of hydrogen-bond acceptors (Lipinski definition) is 1. The van der Waals surface area contributed by atoms with Crippen LogP contribution in [0.15, 0.2) is 0 Å². The minimum absolute atomic E-state index is 0. The number of hydrogen-bond donors (Lipinski definition) is 0. The van der Waals surface area contributed by atoms with Crippen LogP contribution in [0.1, 0.15) is 142 Å². The van der Waals surface area contributed by atoms with Gasteiger partial charge >= 0.3 is 0 Å². The highest BCUT2D eigenvalue weighted by atomic mass is 16.5. The first-order valence-electron chi connectivity index (χ1n) is 12.0. The van der Waals surface area contributed by atoms with E-state index in [4.69, 9.17) is 4.74 Å². The van der Waals surface area contributed by atoms with Crippen LogP contribution in [0.2, 0.25) is 0 Å². The first-order valence-corrected chi connectivity index (χ1v) is 12.0. The van der Waals surface area contributed by atoms with Crippen LogP contribution in [0.5, 0.6) is 0 Å². The van der Waals surface area contributed by atoms with E-state index in [1.807, 2.05) is 0 Å². The van der Waals surface area contributed by atoms with Crippen molar-refractivity contribution >= 4 is 0 Å². The van der Waals surface area contributed by atoms with Gasteiger partial charge in [0.1, 0.15) is 0 Å². The summed E-state index contributed by atoms with van der Waals surface area (Å²) in [6.45, 7) is 6.57. The maximum absolute atomic E-state index is 5.78. The fourth-order valence-corrected chi connectivity index (χ4v) is 3.49. The van der Waals surface area contributed by atoms with Crippen LogP contribution in [0, 0.1) is 0 Å². The molecule has 0 aromatic heterocycles. The molecule has 0 aliphatic heterocycles. The van der Waals surface area contributed by atoms with Gasteiger partial charge in [0.2, 0.25) is 0 Å². The van der Waals surface area contributed by atoms with E-state index in [9.17, 15) is 0 Å². The third-order valence-corrected chi connectivity index (χ3v) is 5.28. The molecule has 0 saturated heterocycles. The highest BCUT2D eigenvalue weighted by Gasteiger charge is 1.95. The summed E-state index contributed by atoms with van der Waals surface area (Å²) in [5.74, 6) is 0. The Morgan fingerprint density at radius 1 is 0.346 bits per heavy atom. The molecule has 0 aromatic rings. The lowest BCUT2D eigenvalue weighted by atomic mass is 10.1. The van der Waals surface area contributed by atoms with Crippen LogP contribution in [-0.2, 0) is 4.74 Å². The molecule has 0 heterocycles. The van der Waals surface area contributed by atoms with Crippen LogP contribution in [0.25, 0.3) is 0 Å². The highest BCUT2D eigenvalue weighted by Crippen LogP contribution is 2.12. The Morgan fingerprint density at radius 2 is 0.577 bits per heavy atom. The molecule has 0 saturated carbocycles. The third kappa shape index (κ3) is 26.2. The Morgan fingerprint density at radius 3 is 0.846 bits per heavy atom. The smallest absolute Gasteiger partial charge is 0.0466 e. The Labute approximate surface area is 166 Å². The van der Waals surface area contributed by atoms with Gasteiger partial charge in [-0.25, -0.2) is 0 Å². The average molecular weight is 373 g/mol. The van der Waals surface area contributed by atoms with Gasteiger partial charge in [0.25, 0.3) is 0 Å². The van der Waals surface area contributed by atoms with Crippen molar-refractivity contribution in [2.45, 2.75) is 142 Å². The Kier molecular flexibility index (Phi) is 29.4. The maximum atomic E-state index is 5.78. The van der Waals surface area contributed by atoms with Crippen LogP contribution < -0.4 is 0 Å². The largest absolute Gasteiger partial charge is 0.412 e. The zero-order valence-electron chi connectivity index (χ0n) is 18.5. The summed E-state index contributed by atoms with van der Waals surface area (Å²) in [7, 11) is 0. The van der Waals surface area contributed by atoms with Gasteiger partial charge in [-0.05, 0) is 12.8 Å². The molecule has 0 aliphatic rings. The summed E-state index contributed by atoms with van der Waals surface area (Å²) in [6.07, 6.45) is 28.2. The second kappa shape index (κ2) is 27.1. The fourth-order valence-electron chi connectivity index (χ4n) is 3.49. The molecule has 0 radical (unpaired) electrons. The van der Waals surface area contributed by atoms with E-state index in [1.54, 1.807) is 0 Å². The molecule has 2 nitrogen and oxygen atoms in total. The molecule has 2 heteroatoms.